The number of carbonyl (C=O) groups is 1. The minimum absolute atomic E-state index is 0.355. The van der Waals surface area contributed by atoms with Crippen LogP contribution in [0.15, 0.2) is 48.5 Å². The quantitative estimate of drug-likeness (QED) is 0.498. The van der Waals surface area contributed by atoms with E-state index in [1.54, 1.807) is 14.2 Å². The zero-order chi connectivity index (χ0) is 21.3. The molecule has 0 radical (unpaired) electrons. The molecule has 0 aliphatic carbocycles. The lowest BCUT2D eigenvalue weighted by atomic mass is 10.1. The summed E-state index contributed by atoms with van der Waals surface area (Å²) in [5.74, 6) is 1.43. The van der Waals surface area contributed by atoms with Crippen LogP contribution in [0.1, 0.15) is 11.4 Å². The number of urea groups is 1. The first-order valence-corrected chi connectivity index (χ1v) is 9.45. The molecule has 0 saturated heterocycles. The molecule has 0 aliphatic rings. The van der Waals surface area contributed by atoms with Crippen molar-refractivity contribution in [3.8, 4) is 11.5 Å². The van der Waals surface area contributed by atoms with Gasteiger partial charge in [-0.1, -0.05) is 0 Å². The standard InChI is InChI=1S/C23H22N4O3/c1-13-9-21(29-3)17-11-15(5-7-19(17)24-13)26-23(28)27-16-6-8-20-18(12-16)22(30-4)10-14(2)25-20/h5-12H,1-4H3,(H2,26,27,28). The number of rotatable bonds is 4. The largest absolute Gasteiger partial charge is 0.496 e. The van der Waals surface area contributed by atoms with Gasteiger partial charge in [-0.05, 0) is 50.2 Å². The Morgan fingerprint density at radius 2 is 1.17 bits per heavy atom. The molecule has 2 N–H and O–H groups in total. The minimum Gasteiger partial charge on any atom is -0.496 e. The highest BCUT2D eigenvalue weighted by Crippen LogP contribution is 2.29. The molecular weight excluding hydrogens is 380 g/mol. The fraction of sp³-hybridized carbons (Fsp3) is 0.174. The molecule has 2 heterocycles. The Labute approximate surface area is 174 Å². The van der Waals surface area contributed by atoms with E-state index < -0.39 is 0 Å². The molecule has 7 heteroatoms. The lowest BCUT2D eigenvalue weighted by molar-refractivity contribution is 0.262. The molecule has 2 aromatic heterocycles. The van der Waals surface area contributed by atoms with Gasteiger partial charge in [0.25, 0.3) is 0 Å². The molecule has 4 rings (SSSR count). The van der Waals surface area contributed by atoms with Gasteiger partial charge in [-0.3, -0.25) is 9.97 Å². The van der Waals surface area contributed by atoms with E-state index in [4.69, 9.17) is 9.47 Å². The van der Waals surface area contributed by atoms with Crippen LogP contribution in [0.5, 0.6) is 11.5 Å². The van der Waals surface area contributed by atoms with Crippen molar-refractivity contribution in [3.63, 3.8) is 0 Å². The van der Waals surface area contributed by atoms with Crippen molar-refractivity contribution in [2.75, 3.05) is 24.9 Å². The monoisotopic (exact) mass is 402 g/mol. The van der Waals surface area contributed by atoms with Crippen molar-refractivity contribution in [3.05, 3.63) is 59.9 Å². The van der Waals surface area contributed by atoms with Gasteiger partial charge in [-0.2, -0.15) is 0 Å². The molecule has 0 saturated carbocycles. The van der Waals surface area contributed by atoms with Gasteiger partial charge >= 0.3 is 6.03 Å². The highest BCUT2D eigenvalue weighted by Gasteiger charge is 2.10. The fourth-order valence-electron chi connectivity index (χ4n) is 3.43. The number of ether oxygens (including phenoxy) is 2. The van der Waals surface area contributed by atoms with Gasteiger partial charge in [0.2, 0.25) is 0 Å². The van der Waals surface area contributed by atoms with E-state index in [9.17, 15) is 4.79 Å². The summed E-state index contributed by atoms with van der Waals surface area (Å²) in [7, 11) is 3.23. The first kappa shape index (κ1) is 19.4. The summed E-state index contributed by atoms with van der Waals surface area (Å²) >= 11 is 0. The SMILES string of the molecule is COc1cc(C)nc2ccc(NC(=O)Nc3ccc4nc(C)cc(OC)c4c3)cc12. The van der Waals surface area contributed by atoms with E-state index in [1.165, 1.54) is 0 Å². The number of aromatic nitrogens is 2. The summed E-state index contributed by atoms with van der Waals surface area (Å²) in [6, 6.07) is 14.4. The van der Waals surface area contributed by atoms with E-state index in [0.717, 1.165) is 33.2 Å². The highest BCUT2D eigenvalue weighted by molar-refractivity contribution is 6.02. The Balaban J connectivity index is 1.57. The van der Waals surface area contributed by atoms with E-state index >= 15 is 0 Å². The average molecular weight is 402 g/mol. The Hall–Kier alpha value is -3.87. The van der Waals surface area contributed by atoms with E-state index in [0.29, 0.717) is 22.9 Å². The van der Waals surface area contributed by atoms with Crippen molar-refractivity contribution >= 4 is 39.2 Å². The normalized spacial score (nSPS) is 10.8. The summed E-state index contributed by atoms with van der Waals surface area (Å²) in [6.45, 7) is 3.83. The van der Waals surface area contributed by atoms with E-state index in [-0.39, 0.29) is 6.03 Å². The van der Waals surface area contributed by atoms with Crippen LogP contribution in [0.25, 0.3) is 21.8 Å². The average Bonchev–Trinajstić information content (AvgIpc) is 2.72. The minimum atomic E-state index is -0.355. The lowest BCUT2D eigenvalue weighted by Gasteiger charge is -2.12. The van der Waals surface area contributed by atoms with Crippen LogP contribution in [0, 0.1) is 13.8 Å². The molecule has 152 valence electrons. The van der Waals surface area contributed by atoms with Crippen LogP contribution >= 0.6 is 0 Å². The van der Waals surface area contributed by atoms with Crippen molar-refractivity contribution in [1.29, 1.82) is 0 Å². The zero-order valence-corrected chi connectivity index (χ0v) is 17.2. The van der Waals surface area contributed by atoms with Gasteiger partial charge in [0.05, 0.1) is 25.3 Å². The smallest absolute Gasteiger partial charge is 0.323 e. The molecule has 0 fully saturated rings. The Morgan fingerprint density at radius 1 is 0.733 bits per heavy atom. The molecular formula is C23H22N4O3. The van der Waals surface area contributed by atoms with Gasteiger partial charge in [0, 0.05) is 45.7 Å². The third-order valence-electron chi connectivity index (χ3n) is 4.75. The van der Waals surface area contributed by atoms with Crippen LogP contribution in [0.2, 0.25) is 0 Å². The molecule has 2 aromatic carbocycles. The van der Waals surface area contributed by atoms with E-state index in [2.05, 4.69) is 20.6 Å². The first-order valence-electron chi connectivity index (χ1n) is 9.45. The molecule has 4 aromatic rings. The predicted octanol–water partition coefficient (Wildman–Crippen LogP) is 5.06. The molecule has 0 bridgehead atoms. The number of nitrogens with one attached hydrogen (secondary N) is 2. The second kappa shape index (κ2) is 7.87. The fourth-order valence-corrected chi connectivity index (χ4v) is 3.43. The van der Waals surface area contributed by atoms with Gasteiger partial charge < -0.3 is 20.1 Å². The number of hydrogen-bond donors (Lipinski definition) is 2. The number of nitrogens with zero attached hydrogens (tertiary/aromatic N) is 2. The third kappa shape index (κ3) is 3.82. The summed E-state index contributed by atoms with van der Waals surface area (Å²) < 4.78 is 10.9. The second-order valence-corrected chi connectivity index (χ2v) is 6.97. The molecule has 2 amide bonds. The number of benzene rings is 2. The number of fused-ring (bicyclic) bond motifs is 2. The van der Waals surface area contributed by atoms with Crippen molar-refractivity contribution < 1.29 is 14.3 Å². The maximum atomic E-state index is 12.6. The van der Waals surface area contributed by atoms with Crippen LogP contribution in [-0.4, -0.2) is 30.2 Å². The Kier molecular flexibility index (Phi) is 5.10. The molecule has 0 spiro atoms. The van der Waals surface area contributed by atoms with Gasteiger partial charge in [0.15, 0.2) is 0 Å². The Morgan fingerprint density at radius 3 is 1.57 bits per heavy atom. The van der Waals surface area contributed by atoms with Gasteiger partial charge in [-0.15, -0.1) is 0 Å². The van der Waals surface area contributed by atoms with Crippen molar-refractivity contribution in [2.24, 2.45) is 0 Å². The molecule has 30 heavy (non-hydrogen) atoms. The number of methoxy groups -OCH3 is 2. The summed E-state index contributed by atoms with van der Waals surface area (Å²) in [4.78, 5) is 21.6. The van der Waals surface area contributed by atoms with Crippen LogP contribution < -0.4 is 20.1 Å². The summed E-state index contributed by atoms with van der Waals surface area (Å²) in [5, 5.41) is 7.37. The third-order valence-corrected chi connectivity index (χ3v) is 4.75. The number of aryl methyl sites for hydroxylation is 2. The molecule has 0 aliphatic heterocycles. The zero-order valence-electron chi connectivity index (χ0n) is 17.2. The maximum Gasteiger partial charge on any atom is 0.323 e. The van der Waals surface area contributed by atoms with Crippen molar-refractivity contribution in [1.82, 2.24) is 9.97 Å². The van der Waals surface area contributed by atoms with Crippen LogP contribution in [0.4, 0.5) is 16.2 Å². The van der Waals surface area contributed by atoms with Gasteiger partial charge in [-0.25, -0.2) is 4.79 Å². The highest BCUT2D eigenvalue weighted by atomic mass is 16.5. The van der Waals surface area contributed by atoms with Crippen LogP contribution in [-0.2, 0) is 0 Å². The number of anilines is 2. The summed E-state index contributed by atoms with van der Waals surface area (Å²) in [6.07, 6.45) is 0. The first-order chi connectivity index (χ1) is 14.5. The van der Waals surface area contributed by atoms with Crippen LogP contribution in [0.3, 0.4) is 0 Å². The number of carbonyl (C=O) groups excluding carboxylic acids is 1. The number of hydrogen-bond acceptors (Lipinski definition) is 5. The number of pyridine rings is 2. The molecule has 0 atom stereocenters. The summed E-state index contributed by atoms with van der Waals surface area (Å²) in [5.41, 5.74) is 4.63. The second-order valence-electron chi connectivity index (χ2n) is 6.97. The molecule has 7 nitrogen and oxygen atoms in total. The van der Waals surface area contributed by atoms with Gasteiger partial charge in [0.1, 0.15) is 11.5 Å². The molecule has 0 unspecified atom stereocenters. The van der Waals surface area contributed by atoms with E-state index in [1.807, 2.05) is 62.4 Å². The maximum absolute atomic E-state index is 12.6. The topological polar surface area (TPSA) is 85.4 Å². The predicted molar refractivity (Wildman–Crippen MR) is 119 cm³/mol. The van der Waals surface area contributed by atoms with Crippen molar-refractivity contribution in [2.45, 2.75) is 13.8 Å². The Bertz CT molecular complexity index is 1170. The lowest BCUT2D eigenvalue weighted by Crippen LogP contribution is -2.19. The number of amides is 2.